The zero-order valence-corrected chi connectivity index (χ0v) is 5.44. The van der Waals surface area contributed by atoms with Crippen LogP contribution in [0.2, 0.25) is 0 Å². The van der Waals surface area contributed by atoms with Gasteiger partial charge in [-0.05, 0) is 6.92 Å². The molecule has 0 aromatic carbocycles. The molecule has 0 aromatic heterocycles. The van der Waals surface area contributed by atoms with Crippen molar-refractivity contribution in [2.45, 2.75) is 13.3 Å². The Morgan fingerprint density at radius 1 is 1.88 bits per heavy atom. The van der Waals surface area contributed by atoms with Gasteiger partial charge in [0, 0.05) is 19.2 Å². The van der Waals surface area contributed by atoms with E-state index in [0.29, 0.717) is 0 Å². The smallest absolute Gasteiger partial charge is 0.0384 e. The van der Waals surface area contributed by atoms with Crippen molar-refractivity contribution in [1.82, 2.24) is 5.43 Å². The maximum absolute atomic E-state index is 3.91. The molecule has 0 amide bonds. The van der Waals surface area contributed by atoms with Crippen molar-refractivity contribution < 1.29 is 0 Å². The minimum Gasteiger partial charge on any atom is -0.313 e. The lowest BCUT2D eigenvalue weighted by Crippen LogP contribution is -1.99. The second-order valence-corrected chi connectivity index (χ2v) is 1.56. The lowest BCUT2D eigenvalue weighted by molar-refractivity contribution is 0.894. The molecule has 0 unspecified atom stereocenters. The standard InChI is InChI=1S/C6H12N2/c1-4-5-6(2)8-7-3/h4,7H,1,5H2,2-3H3/b8-6-. The van der Waals surface area contributed by atoms with Crippen LogP contribution in [0.25, 0.3) is 0 Å². The summed E-state index contributed by atoms with van der Waals surface area (Å²) < 4.78 is 0. The first kappa shape index (κ1) is 7.21. The Bertz CT molecular complexity index is 94.7. The average Bonchev–Trinajstić information content (AvgIpc) is 1.68. The molecule has 2 nitrogen and oxygen atoms in total. The SMILES string of the molecule is C=CC/C(C)=N\NC. The van der Waals surface area contributed by atoms with Crippen molar-refractivity contribution in [3.63, 3.8) is 0 Å². The molecule has 0 radical (unpaired) electrons. The lowest BCUT2D eigenvalue weighted by Gasteiger charge is -1.91. The van der Waals surface area contributed by atoms with Crippen LogP contribution in [-0.4, -0.2) is 12.8 Å². The van der Waals surface area contributed by atoms with Crippen LogP contribution >= 0.6 is 0 Å². The Balaban J connectivity index is 3.44. The molecule has 0 bridgehead atoms. The number of hydrogen-bond acceptors (Lipinski definition) is 2. The lowest BCUT2D eigenvalue weighted by atomic mass is 10.3. The molecule has 0 aromatic rings. The average molecular weight is 112 g/mol. The zero-order valence-electron chi connectivity index (χ0n) is 5.44. The van der Waals surface area contributed by atoms with Crippen LogP contribution in [0.4, 0.5) is 0 Å². The molecule has 8 heavy (non-hydrogen) atoms. The van der Waals surface area contributed by atoms with E-state index in [1.54, 1.807) is 7.05 Å². The van der Waals surface area contributed by atoms with E-state index in [-0.39, 0.29) is 0 Å². The third-order valence-electron chi connectivity index (χ3n) is 0.742. The molecular formula is C6H12N2. The van der Waals surface area contributed by atoms with Crippen LogP contribution in [-0.2, 0) is 0 Å². The molecular weight excluding hydrogens is 100 g/mol. The van der Waals surface area contributed by atoms with Crippen LogP contribution < -0.4 is 5.43 Å². The second kappa shape index (κ2) is 4.37. The highest BCUT2D eigenvalue weighted by Gasteiger charge is 1.81. The first-order valence-electron chi connectivity index (χ1n) is 2.62. The van der Waals surface area contributed by atoms with Gasteiger partial charge >= 0.3 is 0 Å². The van der Waals surface area contributed by atoms with Crippen molar-refractivity contribution in [1.29, 1.82) is 0 Å². The van der Waals surface area contributed by atoms with Gasteiger partial charge in [-0.1, -0.05) is 6.08 Å². The molecule has 0 saturated carbocycles. The van der Waals surface area contributed by atoms with E-state index in [1.165, 1.54) is 0 Å². The summed E-state index contributed by atoms with van der Waals surface area (Å²) in [5.41, 5.74) is 3.75. The van der Waals surface area contributed by atoms with Gasteiger partial charge in [0.15, 0.2) is 0 Å². The Morgan fingerprint density at radius 2 is 2.50 bits per heavy atom. The number of nitrogens with one attached hydrogen (secondary N) is 1. The molecule has 0 aliphatic rings. The molecule has 2 heteroatoms. The Labute approximate surface area is 50.3 Å². The maximum Gasteiger partial charge on any atom is 0.0384 e. The predicted molar refractivity (Wildman–Crippen MR) is 37.0 cm³/mol. The van der Waals surface area contributed by atoms with E-state index >= 15 is 0 Å². The minimum absolute atomic E-state index is 0.862. The molecule has 0 aliphatic carbocycles. The van der Waals surface area contributed by atoms with Gasteiger partial charge in [0.05, 0.1) is 0 Å². The van der Waals surface area contributed by atoms with Crippen molar-refractivity contribution in [3.05, 3.63) is 12.7 Å². The zero-order chi connectivity index (χ0) is 6.41. The van der Waals surface area contributed by atoms with E-state index in [2.05, 4.69) is 17.1 Å². The summed E-state index contributed by atoms with van der Waals surface area (Å²) in [6.07, 6.45) is 2.69. The minimum atomic E-state index is 0.862. The summed E-state index contributed by atoms with van der Waals surface area (Å²) in [4.78, 5) is 0. The number of hydrogen-bond donors (Lipinski definition) is 1. The number of rotatable bonds is 3. The van der Waals surface area contributed by atoms with E-state index in [1.807, 2.05) is 13.0 Å². The maximum atomic E-state index is 3.91. The molecule has 0 heterocycles. The van der Waals surface area contributed by atoms with Crippen LogP contribution in [0.3, 0.4) is 0 Å². The van der Waals surface area contributed by atoms with Gasteiger partial charge in [0.1, 0.15) is 0 Å². The normalized spacial score (nSPS) is 11.0. The summed E-state index contributed by atoms with van der Waals surface area (Å²) >= 11 is 0. The van der Waals surface area contributed by atoms with E-state index < -0.39 is 0 Å². The predicted octanol–water partition coefficient (Wildman–Crippen LogP) is 1.16. The summed E-state index contributed by atoms with van der Waals surface area (Å²) in [6.45, 7) is 5.53. The largest absolute Gasteiger partial charge is 0.313 e. The van der Waals surface area contributed by atoms with Gasteiger partial charge in [0.2, 0.25) is 0 Å². The third-order valence-corrected chi connectivity index (χ3v) is 0.742. The highest BCUT2D eigenvalue weighted by molar-refractivity contribution is 5.82. The van der Waals surface area contributed by atoms with Crippen LogP contribution in [0.1, 0.15) is 13.3 Å². The highest BCUT2D eigenvalue weighted by atomic mass is 15.3. The van der Waals surface area contributed by atoms with E-state index in [9.17, 15) is 0 Å². The molecule has 0 fully saturated rings. The second-order valence-electron chi connectivity index (χ2n) is 1.56. The first-order chi connectivity index (χ1) is 3.81. The van der Waals surface area contributed by atoms with Gasteiger partial charge in [0.25, 0.3) is 0 Å². The molecule has 0 aliphatic heterocycles. The number of nitrogens with zero attached hydrogens (tertiary/aromatic N) is 1. The number of allylic oxidation sites excluding steroid dienone is 1. The molecule has 0 rings (SSSR count). The van der Waals surface area contributed by atoms with Crippen molar-refractivity contribution in [3.8, 4) is 0 Å². The van der Waals surface area contributed by atoms with Gasteiger partial charge in [-0.3, -0.25) is 0 Å². The highest BCUT2D eigenvalue weighted by Crippen LogP contribution is 1.82. The third kappa shape index (κ3) is 3.40. The summed E-state index contributed by atoms with van der Waals surface area (Å²) in [5, 5.41) is 3.91. The molecule has 0 saturated heterocycles. The van der Waals surface area contributed by atoms with E-state index in [0.717, 1.165) is 12.1 Å². The molecule has 46 valence electrons. The first-order valence-corrected chi connectivity index (χ1v) is 2.62. The van der Waals surface area contributed by atoms with Crippen molar-refractivity contribution in [2.24, 2.45) is 5.10 Å². The molecule has 1 N–H and O–H groups in total. The van der Waals surface area contributed by atoms with Crippen molar-refractivity contribution in [2.75, 3.05) is 7.05 Å². The molecule has 0 atom stereocenters. The Hall–Kier alpha value is -0.790. The summed E-state index contributed by atoms with van der Waals surface area (Å²) in [6, 6.07) is 0. The quantitative estimate of drug-likeness (QED) is 0.330. The van der Waals surface area contributed by atoms with Gasteiger partial charge < -0.3 is 5.43 Å². The van der Waals surface area contributed by atoms with Gasteiger partial charge in [-0.15, -0.1) is 6.58 Å². The van der Waals surface area contributed by atoms with Gasteiger partial charge in [-0.2, -0.15) is 5.10 Å². The van der Waals surface area contributed by atoms with Gasteiger partial charge in [-0.25, -0.2) is 0 Å². The fraction of sp³-hybridized carbons (Fsp3) is 0.500. The van der Waals surface area contributed by atoms with E-state index in [4.69, 9.17) is 0 Å². The fourth-order valence-electron chi connectivity index (χ4n) is 0.445. The monoisotopic (exact) mass is 112 g/mol. The van der Waals surface area contributed by atoms with Crippen molar-refractivity contribution >= 4 is 5.71 Å². The molecule has 0 spiro atoms. The summed E-state index contributed by atoms with van der Waals surface area (Å²) in [5.74, 6) is 0. The van der Waals surface area contributed by atoms with Crippen LogP contribution in [0, 0.1) is 0 Å². The Kier molecular flexibility index (Phi) is 3.94. The van der Waals surface area contributed by atoms with Crippen LogP contribution in [0.5, 0.6) is 0 Å². The summed E-state index contributed by atoms with van der Waals surface area (Å²) in [7, 11) is 1.78. The fourth-order valence-corrected chi connectivity index (χ4v) is 0.445. The Morgan fingerprint density at radius 3 is 2.88 bits per heavy atom. The van der Waals surface area contributed by atoms with Crippen LogP contribution in [0.15, 0.2) is 17.8 Å². The topological polar surface area (TPSA) is 24.4 Å². The number of hydrazone groups is 1.